The molecule has 14 heavy (non-hydrogen) atoms. The molecule has 3 unspecified atom stereocenters. The van der Waals surface area contributed by atoms with Crippen LogP contribution in [0.5, 0.6) is 0 Å². The van der Waals surface area contributed by atoms with E-state index in [1.165, 1.54) is 6.42 Å². The Morgan fingerprint density at radius 3 is 2.71 bits per heavy atom. The zero-order valence-corrected chi connectivity index (χ0v) is 8.94. The highest BCUT2D eigenvalue weighted by Gasteiger charge is 2.26. The molecule has 1 heterocycles. The molecule has 0 bridgehead atoms. The standard InChI is InChI=1S/C10H20N2O2/c1-7-5-8(2)12(6-7)4-3-9(11)10(13)14/h7-9H,3-6,11H2,1-2H3,(H,13,14). The number of carbonyl (C=O) groups is 1. The number of aliphatic carboxylic acids is 1. The lowest BCUT2D eigenvalue weighted by molar-refractivity contribution is -0.138. The Morgan fingerprint density at radius 1 is 1.64 bits per heavy atom. The number of hydrogen-bond donors (Lipinski definition) is 2. The van der Waals surface area contributed by atoms with E-state index in [1.807, 2.05) is 0 Å². The second-order valence-electron chi connectivity index (χ2n) is 4.42. The summed E-state index contributed by atoms with van der Waals surface area (Å²) in [5.41, 5.74) is 5.45. The SMILES string of the molecule is CC1CC(C)N(CCC(N)C(=O)O)C1. The van der Waals surface area contributed by atoms with E-state index < -0.39 is 12.0 Å². The van der Waals surface area contributed by atoms with Gasteiger partial charge in [0.2, 0.25) is 0 Å². The average molecular weight is 200 g/mol. The third kappa shape index (κ3) is 2.96. The summed E-state index contributed by atoms with van der Waals surface area (Å²) in [5.74, 6) is -0.170. The lowest BCUT2D eigenvalue weighted by atomic mass is 10.1. The van der Waals surface area contributed by atoms with Gasteiger partial charge in [-0.2, -0.15) is 0 Å². The van der Waals surface area contributed by atoms with E-state index in [4.69, 9.17) is 10.8 Å². The number of likely N-dealkylation sites (tertiary alicyclic amines) is 1. The molecule has 0 amide bonds. The minimum Gasteiger partial charge on any atom is -0.480 e. The molecule has 82 valence electrons. The molecule has 4 nitrogen and oxygen atoms in total. The highest BCUT2D eigenvalue weighted by Crippen LogP contribution is 2.22. The van der Waals surface area contributed by atoms with E-state index in [0.29, 0.717) is 12.5 Å². The quantitative estimate of drug-likeness (QED) is 0.694. The maximum atomic E-state index is 10.5. The average Bonchev–Trinajstić information content (AvgIpc) is 2.40. The fourth-order valence-corrected chi connectivity index (χ4v) is 2.13. The number of carboxylic acids is 1. The Morgan fingerprint density at radius 2 is 2.29 bits per heavy atom. The van der Waals surface area contributed by atoms with Gasteiger partial charge in [0.1, 0.15) is 6.04 Å². The first-order chi connectivity index (χ1) is 6.50. The summed E-state index contributed by atoms with van der Waals surface area (Å²) in [5, 5.41) is 8.63. The van der Waals surface area contributed by atoms with Gasteiger partial charge in [0.15, 0.2) is 0 Å². The number of rotatable bonds is 4. The summed E-state index contributed by atoms with van der Waals surface area (Å²) in [4.78, 5) is 12.8. The Bertz CT molecular complexity index is 208. The maximum absolute atomic E-state index is 10.5. The van der Waals surface area contributed by atoms with Crippen molar-refractivity contribution in [2.45, 2.75) is 38.8 Å². The van der Waals surface area contributed by atoms with Crippen LogP contribution in [0.4, 0.5) is 0 Å². The minimum absolute atomic E-state index is 0.548. The molecule has 0 saturated carbocycles. The fraction of sp³-hybridized carbons (Fsp3) is 0.900. The van der Waals surface area contributed by atoms with E-state index in [0.717, 1.165) is 19.0 Å². The van der Waals surface area contributed by atoms with Crippen LogP contribution >= 0.6 is 0 Å². The molecule has 0 aliphatic carbocycles. The van der Waals surface area contributed by atoms with Gasteiger partial charge in [0.05, 0.1) is 0 Å². The lowest BCUT2D eigenvalue weighted by Gasteiger charge is -2.21. The van der Waals surface area contributed by atoms with Gasteiger partial charge in [-0.05, 0) is 25.7 Å². The molecular weight excluding hydrogens is 180 g/mol. The van der Waals surface area contributed by atoms with Gasteiger partial charge in [-0.1, -0.05) is 6.92 Å². The van der Waals surface area contributed by atoms with Crippen LogP contribution in [-0.4, -0.2) is 41.1 Å². The molecule has 3 N–H and O–H groups in total. The van der Waals surface area contributed by atoms with Gasteiger partial charge in [0, 0.05) is 19.1 Å². The van der Waals surface area contributed by atoms with Crippen LogP contribution in [0.1, 0.15) is 26.7 Å². The molecule has 1 aliphatic heterocycles. The Balaban J connectivity index is 2.28. The van der Waals surface area contributed by atoms with Crippen LogP contribution in [0.15, 0.2) is 0 Å². The second-order valence-corrected chi connectivity index (χ2v) is 4.42. The van der Waals surface area contributed by atoms with Gasteiger partial charge >= 0.3 is 5.97 Å². The Hall–Kier alpha value is -0.610. The highest BCUT2D eigenvalue weighted by atomic mass is 16.4. The van der Waals surface area contributed by atoms with Crippen molar-refractivity contribution >= 4 is 5.97 Å². The number of hydrogen-bond acceptors (Lipinski definition) is 3. The third-order valence-corrected chi connectivity index (χ3v) is 2.96. The molecule has 0 spiro atoms. The third-order valence-electron chi connectivity index (χ3n) is 2.96. The molecule has 1 aliphatic rings. The first-order valence-corrected chi connectivity index (χ1v) is 5.23. The van der Waals surface area contributed by atoms with Crippen LogP contribution in [0.25, 0.3) is 0 Å². The predicted octanol–water partition coefficient (Wildman–Crippen LogP) is 0.519. The van der Waals surface area contributed by atoms with E-state index in [1.54, 1.807) is 0 Å². The molecule has 1 rings (SSSR count). The normalized spacial score (nSPS) is 30.5. The van der Waals surface area contributed by atoms with Crippen molar-refractivity contribution in [3.63, 3.8) is 0 Å². The summed E-state index contributed by atoms with van der Waals surface area (Å²) >= 11 is 0. The van der Waals surface area contributed by atoms with E-state index in [-0.39, 0.29) is 0 Å². The van der Waals surface area contributed by atoms with Crippen molar-refractivity contribution in [3.8, 4) is 0 Å². The molecule has 1 saturated heterocycles. The number of nitrogens with zero attached hydrogens (tertiary/aromatic N) is 1. The zero-order valence-electron chi connectivity index (χ0n) is 8.94. The van der Waals surface area contributed by atoms with Crippen molar-refractivity contribution in [2.24, 2.45) is 11.7 Å². The van der Waals surface area contributed by atoms with Crippen molar-refractivity contribution in [2.75, 3.05) is 13.1 Å². The van der Waals surface area contributed by atoms with Crippen LogP contribution in [0.3, 0.4) is 0 Å². The maximum Gasteiger partial charge on any atom is 0.320 e. The minimum atomic E-state index is -0.898. The Kier molecular flexibility index (Phi) is 3.89. The molecule has 4 heteroatoms. The largest absolute Gasteiger partial charge is 0.480 e. The Labute approximate surface area is 85.1 Å². The van der Waals surface area contributed by atoms with E-state index in [9.17, 15) is 4.79 Å². The summed E-state index contributed by atoms with van der Waals surface area (Å²) in [6, 6.07) is -0.135. The van der Waals surface area contributed by atoms with Crippen LogP contribution in [-0.2, 0) is 4.79 Å². The van der Waals surface area contributed by atoms with Crippen LogP contribution in [0, 0.1) is 5.92 Å². The first-order valence-electron chi connectivity index (χ1n) is 5.23. The summed E-state index contributed by atoms with van der Waals surface area (Å²) in [6.45, 7) is 6.30. The smallest absolute Gasteiger partial charge is 0.320 e. The second kappa shape index (κ2) is 4.75. The van der Waals surface area contributed by atoms with Gasteiger partial charge in [-0.25, -0.2) is 0 Å². The van der Waals surface area contributed by atoms with Gasteiger partial charge < -0.3 is 15.7 Å². The fourth-order valence-electron chi connectivity index (χ4n) is 2.13. The zero-order chi connectivity index (χ0) is 10.7. The molecule has 3 atom stereocenters. The number of nitrogens with two attached hydrogens (primary N) is 1. The highest BCUT2D eigenvalue weighted by molar-refractivity contribution is 5.72. The molecular formula is C10H20N2O2. The monoisotopic (exact) mass is 200 g/mol. The van der Waals surface area contributed by atoms with Gasteiger partial charge in [0.25, 0.3) is 0 Å². The topological polar surface area (TPSA) is 66.6 Å². The molecule has 0 radical (unpaired) electrons. The van der Waals surface area contributed by atoms with Gasteiger partial charge in [-0.3, -0.25) is 4.79 Å². The predicted molar refractivity (Wildman–Crippen MR) is 55.0 cm³/mol. The summed E-state index contributed by atoms with van der Waals surface area (Å²) in [6.07, 6.45) is 1.76. The summed E-state index contributed by atoms with van der Waals surface area (Å²) in [7, 11) is 0. The van der Waals surface area contributed by atoms with E-state index >= 15 is 0 Å². The molecule has 0 aromatic rings. The number of carboxylic acid groups (broad SMARTS) is 1. The van der Waals surface area contributed by atoms with Crippen molar-refractivity contribution in [3.05, 3.63) is 0 Å². The van der Waals surface area contributed by atoms with Crippen molar-refractivity contribution < 1.29 is 9.90 Å². The summed E-state index contributed by atoms with van der Waals surface area (Å²) < 4.78 is 0. The van der Waals surface area contributed by atoms with Gasteiger partial charge in [-0.15, -0.1) is 0 Å². The van der Waals surface area contributed by atoms with Crippen molar-refractivity contribution in [1.82, 2.24) is 4.90 Å². The molecule has 0 aromatic heterocycles. The van der Waals surface area contributed by atoms with Crippen LogP contribution in [0.2, 0.25) is 0 Å². The van der Waals surface area contributed by atoms with Crippen molar-refractivity contribution in [1.29, 1.82) is 0 Å². The first kappa shape index (κ1) is 11.5. The van der Waals surface area contributed by atoms with Crippen LogP contribution < -0.4 is 5.73 Å². The molecule has 1 fully saturated rings. The van der Waals surface area contributed by atoms with E-state index in [2.05, 4.69) is 18.7 Å². The molecule has 0 aromatic carbocycles. The lowest BCUT2D eigenvalue weighted by Crippen LogP contribution is -2.36.